The number of ether oxygens (including phenoxy) is 2. The molecule has 3 atom stereocenters. The van der Waals surface area contributed by atoms with Gasteiger partial charge in [0.25, 0.3) is 8.32 Å². The zero-order valence-corrected chi connectivity index (χ0v) is 18.5. The Hall–Kier alpha value is -1.50. The molecule has 0 aliphatic carbocycles. The van der Waals surface area contributed by atoms with Crippen molar-refractivity contribution < 1.29 is 19.0 Å². The van der Waals surface area contributed by atoms with Gasteiger partial charge in [-0.2, -0.15) is 0 Å². The summed E-state index contributed by atoms with van der Waals surface area (Å²) in [4.78, 5) is 0. The summed E-state index contributed by atoms with van der Waals surface area (Å²) in [6, 6.07) is 21.0. The normalized spacial score (nSPS) is 26.2. The van der Waals surface area contributed by atoms with Gasteiger partial charge < -0.3 is 19.0 Å². The van der Waals surface area contributed by atoms with Gasteiger partial charge in [-0.15, -0.1) is 0 Å². The first-order valence-electron chi connectivity index (χ1n) is 9.91. The molecule has 1 aliphatic rings. The van der Waals surface area contributed by atoms with Crippen molar-refractivity contribution in [2.45, 2.75) is 57.7 Å². The highest BCUT2D eigenvalue weighted by Gasteiger charge is 2.51. The lowest BCUT2D eigenvalue weighted by molar-refractivity contribution is -0.282. The molecule has 28 heavy (non-hydrogen) atoms. The molecule has 3 rings (SSSR count). The first-order valence-corrected chi connectivity index (χ1v) is 11.8. The van der Waals surface area contributed by atoms with Crippen LogP contribution in [-0.2, 0) is 13.9 Å². The van der Waals surface area contributed by atoms with Gasteiger partial charge in [-0.3, -0.25) is 0 Å². The molecule has 4 nitrogen and oxygen atoms in total. The second-order valence-electron chi connectivity index (χ2n) is 8.83. The second-order valence-corrected chi connectivity index (χ2v) is 13.1. The molecule has 1 fully saturated rings. The Morgan fingerprint density at radius 1 is 1.04 bits per heavy atom. The molecule has 2 aromatic carbocycles. The van der Waals surface area contributed by atoms with Gasteiger partial charge in [-0.25, -0.2) is 0 Å². The van der Waals surface area contributed by atoms with Crippen LogP contribution < -0.4 is 10.4 Å². The average molecular weight is 401 g/mol. The van der Waals surface area contributed by atoms with Gasteiger partial charge in [0, 0.05) is 0 Å². The number of aliphatic hydroxyl groups is 1. The third-order valence-electron chi connectivity index (χ3n) is 5.53. The fraction of sp³-hybridized carbons (Fsp3) is 0.478. The Kier molecular flexibility index (Phi) is 6.13. The summed E-state index contributed by atoms with van der Waals surface area (Å²) >= 11 is 0. The van der Waals surface area contributed by atoms with E-state index in [4.69, 9.17) is 13.9 Å². The van der Waals surface area contributed by atoms with Gasteiger partial charge in [-0.1, -0.05) is 81.4 Å². The van der Waals surface area contributed by atoms with Gasteiger partial charge in [0.2, 0.25) is 0 Å². The molecule has 0 bridgehead atoms. The highest BCUT2D eigenvalue weighted by molar-refractivity contribution is 6.99. The molecule has 1 aliphatic heterocycles. The van der Waals surface area contributed by atoms with Crippen LogP contribution in [0.3, 0.4) is 0 Å². The Morgan fingerprint density at radius 2 is 1.54 bits per heavy atom. The zero-order chi connectivity index (χ0) is 20.4. The summed E-state index contributed by atoms with van der Waals surface area (Å²) in [6.07, 6.45) is -0.800. The summed E-state index contributed by atoms with van der Waals surface area (Å²) in [5, 5.41) is 13.1. The van der Waals surface area contributed by atoms with E-state index in [9.17, 15) is 5.11 Å². The van der Waals surface area contributed by atoms with Crippen LogP contribution in [0.25, 0.3) is 0 Å². The standard InChI is InChI=1S/C23H32O4Si/c1-18-25-17-23(5,24)21(27-18)16-26-28(22(2,3)4,19-12-8-6-9-13-19)20-14-10-7-11-15-20/h6-15,18,21,24H,16-17H2,1-5H3/t18-,21+,23-/m1/s1. The van der Waals surface area contributed by atoms with Gasteiger partial charge in [0.1, 0.15) is 11.7 Å². The molecular weight excluding hydrogens is 368 g/mol. The third-order valence-corrected chi connectivity index (χ3v) is 10.5. The topological polar surface area (TPSA) is 47.9 Å². The predicted octanol–water partition coefficient (Wildman–Crippen LogP) is 3.08. The molecule has 1 saturated heterocycles. The van der Waals surface area contributed by atoms with Crippen molar-refractivity contribution in [2.24, 2.45) is 0 Å². The van der Waals surface area contributed by atoms with Crippen LogP contribution in [0.15, 0.2) is 60.7 Å². The molecule has 0 radical (unpaired) electrons. The maximum atomic E-state index is 10.8. The smallest absolute Gasteiger partial charge is 0.261 e. The molecule has 0 saturated carbocycles. The van der Waals surface area contributed by atoms with Gasteiger partial charge in [-0.05, 0) is 29.3 Å². The first kappa shape index (κ1) is 21.2. The van der Waals surface area contributed by atoms with Crippen molar-refractivity contribution in [3.05, 3.63) is 60.7 Å². The summed E-state index contributed by atoms with van der Waals surface area (Å²) in [7, 11) is -2.65. The van der Waals surface area contributed by atoms with E-state index in [1.54, 1.807) is 6.92 Å². The largest absolute Gasteiger partial charge is 0.405 e. The fourth-order valence-corrected chi connectivity index (χ4v) is 8.53. The summed E-state index contributed by atoms with van der Waals surface area (Å²) in [5.41, 5.74) is -1.09. The molecule has 1 N–H and O–H groups in total. The Morgan fingerprint density at radius 3 is 2.00 bits per heavy atom. The minimum absolute atomic E-state index is 0.113. The van der Waals surface area contributed by atoms with E-state index >= 15 is 0 Å². The van der Waals surface area contributed by atoms with Gasteiger partial charge in [0.05, 0.1) is 13.2 Å². The van der Waals surface area contributed by atoms with E-state index in [0.29, 0.717) is 6.61 Å². The van der Waals surface area contributed by atoms with Crippen molar-refractivity contribution in [3.8, 4) is 0 Å². The lowest BCUT2D eigenvalue weighted by Gasteiger charge is -2.46. The Balaban J connectivity index is 2.04. The number of rotatable bonds is 5. The van der Waals surface area contributed by atoms with Crippen molar-refractivity contribution >= 4 is 18.7 Å². The molecule has 0 spiro atoms. The lowest BCUT2D eigenvalue weighted by Crippen LogP contribution is -2.68. The first-order chi connectivity index (χ1) is 13.2. The van der Waals surface area contributed by atoms with Crippen LogP contribution in [-0.4, -0.2) is 44.6 Å². The zero-order valence-electron chi connectivity index (χ0n) is 17.5. The van der Waals surface area contributed by atoms with Gasteiger partial charge in [0.15, 0.2) is 6.29 Å². The van der Waals surface area contributed by atoms with Crippen LogP contribution in [0.1, 0.15) is 34.6 Å². The van der Waals surface area contributed by atoms with E-state index in [1.807, 2.05) is 19.1 Å². The van der Waals surface area contributed by atoms with E-state index in [0.717, 1.165) is 0 Å². The van der Waals surface area contributed by atoms with Crippen LogP contribution in [0.4, 0.5) is 0 Å². The molecular formula is C23H32O4Si. The highest BCUT2D eigenvalue weighted by atomic mass is 28.4. The van der Waals surface area contributed by atoms with Crippen molar-refractivity contribution in [2.75, 3.05) is 13.2 Å². The molecule has 152 valence electrons. The highest BCUT2D eigenvalue weighted by Crippen LogP contribution is 2.37. The molecule has 0 aromatic heterocycles. The molecule has 5 heteroatoms. The van der Waals surface area contributed by atoms with E-state index in [2.05, 4.69) is 69.3 Å². The second kappa shape index (κ2) is 8.09. The summed E-state index contributed by atoms with van der Waals surface area (Å²) in [5.74, 6) is 0. The van der Waals surface area contributed by atoms with Crippen molar-refractivity contribution in [1.29, 1.82) is 0 Å². The van der Waals surface area contributed by atoms with Crippen LogP contribution >= 0.6 is 0 Å². The average Bonchev–Trinajstić information content (AvgIpc) is 2.66. The molecule has 0 amide bonds. The summed E-state index contributed by atoms with van der Waals surface area (Å²) in [6.45, 7) is 10.9. The minimum Gasteiger partial charge on any atom is -0.405 e. The van der Waals surface area contributed by atoms with E-state index < -0.39 is 20.0 Å². The number of hydrogen-bond donors (Lipinski definition) is 1. The van der Waals surface area contributed by atoms with Crippen molar-refractivity contribution in [3.63, 3.8) is 0 Å². The van der Waals surface area contributed by atoms with Crippen LogP contribution in [0.5, 0.6) is 0 Å². The summed E-state index contributed by atoms with van der Waals surface area (Å²) < 4.78 is 18.3. The molecule has 0 unspecified atom stereocenters. The third kappa shape index (κ3) is 4.09. The van der Waals surface area contributed by atoms with Crippen LogP contribution in [0.2, 0.25) is 5.04 Å². The Bertz CT molecular complexity index is 716. The maximum Gasteiger partial charge on any atom is 0.261 e. The lowest BCUT2D eigenvalue weighted by atomic mass is 10.00. The minimum atomic E-state index is -2.65. The fourth-order valence-electron chi connectivity index (χ4n) is 3.98. The SMILES string of the molecule is C[C@@H]1OC[C@@](C)(O)[C@H](CO[Si](c2ccccc2)(c2ccccc2)C(C)(C)C)O1. The molecule has 1 heterocycles. The van der Waals surface area contributed by atoms with E-state index in [-0.39, 0.29) is 17.9 Å². The molecule has 2 aromatic rings. The maximum absolute atomic E-state index is 10.8. The number of hydrogen-bond acceptors (Lipinski definition) is 4. The predicted molar refractivity (Wildman–Crippen MR) is 114 cm³/mol. The monoisotopic (exact) mass is 400 g/mol. The number of benzene rings is 2. The Labute approximate surface area is 169 Å². The van der Waals surface area contributed by atoms with Gasteiger partial charge >= 0.3 is 0 Å². The van der Waals surface area contributed by atoms with Crippen molar-refractivity contribution in [1.82, 2.24) is 0 Å². The van der Waals surface area contributed by atoms with Crippen LogP contribution in [0, 0.1) is 0 Å². The van der Waals surface area contributed by atoms with E-state index in [1.165, 1.54) is 10.4 Å². The quantitative estimate of drug-likeness (QED) is 0.784.